The second-order valence-corrected chi connectivity index (χ2v) is 2.72. The first-order valence-electron chi connectivity index (χ1n) is 2.99. The zero-order chi connectivity index (χ0) is 6.69. The summed E-state index contributed by atoms with van der Waals surface area (Å²) in [6.45, 7) is 2.72. The maximum Gasteiger partial charge on any atom is 0.0798 e. The molecule has 0 bridgehead atoms. The molecule has 0 aliphatic heterocycles. The molecule has 2 nitrogen and oxygen atoms in total. The van der Waals surface area contributed by atoms with Gasteiger partial charge >= 0.3 is 0 Å². The van der Waals surface area contributed by atoms with E-state index in [1.54, 1.807) is 11.3 Å². The van der Waals surface area contributed by atoms with Crippen molar-refractivity contribution in [1.29, 1.82) is 0 Å². The van der Waals surface area contributed by atoms with Gasteiger partial charge in [-0.15, -0.1) is 11.3 Å². The van der Waals surface area contributed by atoms with Crippen LogP contribution in [0.4, 0.5) is 0 Å². The molecule has 0 unspecified atom stereocenters. The molecular weight excluding hydrogens is 132 g/mol. The summed E-state index contributed by atoms with van der Waals surface area (Å²) >= 11 is 1.64. The second-order valence-electron chi connectivity index (χ2n) is 1.78. The van der Waals surface area contributed by atoms with Gasteiger partial charge in [-0.05, 0) is 6.42 Å². The molecule has 0 radical (unpaired) electrons. The molecule has 1 heterocycles. The van der Waals surface area contributed by atoms with Crippen molar-refractivity contribution in [3.8, 4) is 0 Å². The lowest BCUT2D eigenvalue weighted by molar-refractivity contribution is 0.988. The normalized spacial score (nSPS) is 10.0. The molecule has 0 aliphatic rings. The number of hydrogen-bond donors (Lipinski definition) is 1. The number of rotatable bonds is 2. The van der Waals surface area contributed by atoms with Gasteiger partial charge < -0.3 is 5.73 Å². The van der Waals surface area contributed by atoms with Crippen LogP contribution < -0.4 is 5.73 Å². The van der Waals surface area contributed by atoms with Gasteiger partial charge in [-0.1, -0.05) is 6.92 Å². The minimum atomic E-state index is 0.633. The molecule has 0 amide bonds. The first kappa shape index (κ1) is 6.71. The number of thiazole rings is 1. The molecule has 50 valence electrons. The van der Waals surface area contributed by atoms with Crippen LogP contribution in [0.5, 0.6) is 0 Å². The van der Waals surface area contributed by atoms with Crippen LogP contribution >= 0.6 is 11.3 Å². The van der Waals surface area contributed by atoms with Crippen molar-refractivity contribution in [2.75, 3.05) is 0 Å². The van der Waals surface area contributed by atoms with Crippen molar-refractivity contribution in [3.63, 3.8) is 0 Å². The first-order valence-corrected chi connectivity index (χ1v) is 3.87. The van der Waals surface area contributed by atoms with Crippen molar-refractivity contribution in [2.24, 2.45) is 5.73 Å². The van der Waals surface area contributed by atoms with Crippen LogP contribution in [0.2, 0.25) is 0 Å². The van der Waals surface area contributed by atoms with E-state index in [9.17, 15) is 0 Å². The van der Waals surface area contributed by atoms with Gasteiger partial charge in [-0.2, -0.15) is 0 Å². The molecule has 0 fully saturated rings. The van der Waals surface area contributed by atoms with Gasteiger partial charge in [-0.25, -0.2) is 4.98 Å². The number of nitrogens with zero attached hydrogens (tertiary/aromatic N) is 1. The Balaban J connectivity index is 2.85. The van der Waals surface area contributed by atoms with E-state index in [4.69, 9.17) is 5.73 Å². The minimum Gasteiger partial charge on any atom is -0.326 e. The molecule has 0 aliphatic carbocycles. The Morgan fingerprint density at radius 2 is 2.56 bits per heavy atom. The average Bonchev–Trinajstić information content (AvgIpc) is 2.33. The fourth-order valence-electron chi connectivity index (χ4n) is 0.748. The molecule has 0 saturated carbocycles. The van der Waals surface area contributed by atoms with E-state index in [0.29, 0.717) is 6.54 Å². The number of nitrogens with two attached hydrogens (primary N) is 1. The maximum atomic E-state index is 5.44. The third kappa shape index (κ3) is 1.28. The summed E-state index contributed by atoms with van der Waals surface area (Å²) in [7, 11) is 0. The van der Waals surface area contributed by atoms with Crippen LogP contribution in [-0.2, 0) is 13.0 Å². The summed E-state index contributed by atoms with van der Waals surface area (Å²) in [5, 5.41) is 0. The van der Waals surface area contributed by atoms with E-state index in [1.807, 2.05) is 5.51 Å². The number of hydrogen-bond acceptors (Lipinski definition) is 3. The van der Waals surface area contributed by atoms with Crippen molar-refractivity contribution in [3.05, 3.63) is 16.1 Å². The summed E-state index contributed by atoms with van der Waals surface area (Å²) in [5.74, 6) is 0. The lowest BCUT2D eigenvalue weighted by Crippen LogP contribution is -1.96. The van der Waals surface area contributed by atoms with Crippen LogP contribution in [-0.4, -0.2) is 4.98 Å². The highest BCUT2D eigenvalue weighted by Gasteiger charge is 1.99. The van der Waals surface area contributed by atoms with Crippen molar-refractivity contribution in [1.82, 2.24) is 4.98 Å². The lowest BCUT2D eigenvalue weighted by Gasteiger charge is -1.91. The second kappa shape index (κ2) is 2.94. The van der Waals surface area contributed by atoms with Crippen molar-refractivity contribution < 1.29 is 0 Å². The highest BCUT2D eigenvalue weighted by atomic mass is 32.1. The summed E-state index contributed by atoms with van der Waals surface area (Å²) in [4.78, 5) is 5.36. The number of aryl methyl sites for hydroxylation is 1. The first-order chi connectivity index (χ1) is 4.38. The number of aromatic nitrogens is 1. The third-order valence-electron chi connectivity index (χ3n) is 1.25. The fraction of sp³-hybridized carbons (Fsp3) is 0.500. The van der Waals surface area contributed by atoms with E-state index in [0.717, 1.165) is 12.1 Å². The molecule has 2 N–H and O–H groups in total. The fourth-order valence-corrected chi connectivity index (χ4v) is 1.48. The van der Waals surface area contributed by atoms with Crippen LogP contribution in [0.25, 0.3) is 0 Å². The Kier molecular flexibility index (Phi) is 2.19. The highest BCUT2D eigenvalue weighted by Crippen LogP contribution is 2.11. The summed E-state index contributed by atoms with van der Waals surface area (Å²) in [5.41, 5.74) is 8.44. The predicted octanol–water partition coefficient (Wildman–Crippen LogP) is 1.16. The Morgan fingerprint density at radius 3 is 3.00 bits per heavy atom. The van der Waals surface area contributed by atoms with E-state index in [2.05, 4.69) is 11.9 Å². The zero-order valence-electron chi connectivity index (χ0n) is 5.42. The SMILES string of the molecule is CCc1ncsc1CN. The molecule has 3 heteroatoms. The quantitative estimate of drug-likeness (QED) is 0.673. The molecule has 1 aromatic rings. The van der Waals surface area contributed by atoms with Gasteiger partial charge in [0.15, 0.2) is 0 Å². The Morgan fingerprint density at radius 1 is 1.78 bits per heavy atom. The van der Waals surface area contributed by atoms with Crippen LogP contribution in [0.1, 0.15) is 17.5 Å². The average molecular weight is 142 g/mol. The maximum absolute atomic E-state index is 5.44. The Bertz CT molecular complexity index is 164. The smallest absolute Gasteiger partial charge is 0.0798 e. The molecule has 0 aromatic carbocycles. The highest BCUT2D eigenvalue weighted by molar-refractivity contribution is 7.09. The summed E-state index contributed by atoms with van der Waals surface area (Å²) < 4.78 is 0. The van der Waals surface area contributed by atoms with Crippen LogP contribution in [0, 0.1) is 0 Å². The lowest BCUT2D eigenvalue weighted by atomic mass is 10.3. The van der Waals surface area contributed by atoms with Crippen molar-refractivity contribution >= 4 is 11.3 Å². The van der Waals surface area contributed by atoms with Gasteiger partial charge in [-0.3, -0.25) is 0 Å². The largest absolute Gasteiger partial charge is 0.326 e. The van der Waals surface area contributed by atoms with E-state index in [-0.39, 0.29) is 0 Å². The van der Waals surface area contributed by atoms with E-state index < -0.39 is 0 Å². The van der Waals surface area contributed by atoms with Crippen LogP contribution in [0.15, 0.2) is 5.51 Å². The third-order valence-corrected chi connectivity index (χ3v) is 2.14. The molecule has 9 heavy (non-hydrogen) atoms. The van der Waals surface area contributed by atoms with Gasteiger partial charge in [0.2, 0.25) is 0 Å². The summed E-state index contributed by atoms with van der Waals surface area (Å²) in [6, 6.07) is 0. The topological polar surface area (TPSA) is 38.9 Å². The van der Waals surface area contributed by atoms with E-state index >= 15 is 0 Å². The van der Waals surface area contributed by atoms with Gasteiger partial charge in [0.05, 0.1) is 11.2 Å². The molecule has 0 spiro atoms. The molecule has 0 atom stereocenters. The molecule has 1 aromatic heterocycles. The minimum absolute atomic E-state index is 0.633. The van der Waals surface area contributed by atoms with E-state index in [1.165, 1.54) is 4.88 Å². The van der Waals surface area contributed by atoms with Gasteiger partial charge in [0.1, 0.15) is 0 Å². The van der Waals surface area contributed by atoms with Gasteiger partial charge in [0.25, 0.3) is 0 Å². The van der Waals surface area contributed by atoms with Crippen molar-refractivity contribution in [2.45, 2.75) is 19.9 Å². The molecular formula is C6H10N2S. The molecule has 1 rings (SSSR count). The molecule has 0 saturated heterocycles. The zero-order valence-corrected chi connectivity index (χ0v) is 6.24. The Labute approximate surface area is 58.7 Å². The van der Waals surface area contributed by atoms with Crippen LogP contribution in [0.3, 0.4) is 0 Å². The Hall–Kier alpha value is -0.410. The van der Waals surface area contributed by atoms with Gasteiger partial charge in [0, 0.05) is 11.4 Å². The monoisotopic (exact) mass is 142 g/mol. The standard InChI is InChI=1S/C6H10N2S/c1-2-5-6(3-7)9-4-8-5/h4H,2-3,7H2,1H3. The predicted molar refractivity (Wildman–Crippen MR) is 39.4 cm³/mol. The summed E-state index contributed by atoms with van der Waals surface area (Å²) in [6.07, 6.45) is 0.996.